The SMILES string of the molecule is CCOC(=O)c1ccc(N/N=N/c2ccccn2)cc1. The van der Waals surface area contributed by atoms with Gasteiger partial charge < -0.3 is 4.74 Å². The van der Waals surface area contributed by atoms with Crippen LogP contribution in [0, 0.1) is 0 Å². The molecule has 0 unspecified atom stereocenters. The van der Waals surface area contributed by atoms with Crippen LogP contribution in [0.5, 0.6) is 0 Å². The number of anilines is 1. The van der Waals surface area contributed by atoms with Crippen molar-refractivity contribution in [2.45, 2.75) is 6.92 Å². The molecule has 1 aromatic heterocycles. The molecule has 0 aliphatic carbocycles. The van der Waals surface area contributed by atoms with Gasteiger partial charge in [0.25, 0.3) is 0 Å². The largest absolute Gasteiger partial charge is 0.462 e. The smallest absolute Gasteiger partial charge is 0.338 e. The number of pyridine rings is 1. The molecule has 0 bridgehead atoms. The molecule has 0 atom stereocenters. The standard InChI is InChI=1S/C14H14N4O2/c1-2-20-14(19)11-6-8-12(9-7-11)16-18-17-13-5-3-4-10-15-13/h3-10H,2H2,1H3,(H,15,16,17). The summed E-state index contributed by atoms with van der Waals surface area (Å²) in [6.45, 7) is 2.13. The van der Waals surface area contributed by atoms with Crippen LogP contribution in [0.4, 0.5) is 11.5 Å². The highest BCUT2D eigenvalue weighted by Gasteiger charge is 2.04. The van der Waals surface area contributed by atoms with E-state index in [1.54, 1.807) is 49.5 Å². The Balaban J connectivity index is 1.94. The van der Waals surface area contributed by atoms with Crippen LogP contribution >= 0.6 is 0 Å². The number of nitrogens with one attached hydrogen (secondary N) is 1. The molecule has 1 heterocycles. The molecular formula is C14H14N4O2. The summed E-state index contributed by atoms with van der Waals surface area (Å²) >= 11 is 0. The summed E-state index contributed by atoms with van der Waals surface area (Å²) in [4.78, 5) is 15.5. The predicted molar refractivity (Wildman–Crippen MR) is 74.8 cm³/mol. The van der Waals surface area contributed by atoms with Crippen molar-refractivity contribution in [2.24, 2.45) is 10.3 Å². The Labute approximate surface area is 116 Å². The predicted octanol–water partition coefficient (Wildman–Crippen LogP) is 3.37. The van der Waals surface area contributed by atoms with E-state index in [0.717, 1.165) is 5.69 Å². The lowest BCUT2D eigenvalue weighted by Gasteiger charge is -2.02. The van der Waals surface area contributed by atoms with Crippen molar-refractivity contribution in [3.63, 3.8) is 0 Å². The van der Waals surface area contributed by atoms with Gasteiger partial charge in [0.2, 0.25) is 0 Å². The van der Waals surface area contributed by atoms with E-state index in [0.29, 0.717) is 18.0 Å². The highest BCUT2D eigenvalue weighted by atomic mass is 16.5. The Kier molecular flexibility index (Phi) is 4.77. The van der Waals surface area contributed by atoms with Crippen molar-refractivity contribution in [3.8, 4) is 0 Å². The zero-order chi connectivity index (χ0) is 14.2. The molecular weight excluding hydrogens is 256 g/mol. The first-order valence-corrected chi connectivity index (χ1v) is 6.14. The summed E-state index contributed by atoms with van der Waals surface area (Å²) in [5.74, 6) is 0.178. The van der Waals surface area contributed by atoms with Crippen LogP contribution in [-0.2, 0) is 4.74 Å². The van der Waals surface area contributed by atoms with Crippen LogP contribution in [-0.4, -0.2) is 17.6 Å². The third-order valence-corrected chi connectivity index (χ3v) is 2.38. The minimum atomic E-state index is -0.339. The van der Waals surface area contributed by atoms with E-state index in [-0.39, 0.29) is 5.97 Å². The minimum Gasteiger partial charge on any atom is -0.462 e. The molecule has 6 nitrogen and oxygen atoms in total. The average molecular weight is 270 g/mol. The molecule has 0 saturated carbocycles. The van der Waals surface area contributed by atoms with Crippen LogP contribution in [0.25, 0.3) is 0 Å². The maximum absolute atomic E-state index is 11.5. The zero-order valence-electron chi connectivity index (χ0n) is 11.0. The molecule has 0 radical (unpaired) electrons. The summed E-state index contributed by atoms with van der Waals surface area (Å²) in [7, 11) is 0. The van der Waals surface area contributed by atoms with Gasteiger partial charge in [-0.15, -0.1) is 5.11 Å². The maximum atomic E-state index is 11.5. The number of carbonyl (C=O) groups excluding carboxylic acids is 1. The first kappa shape index (κ1) is 13.7. The van der Waals surface area contributed by atoms with Crippen molar-refractivity contribution in [2.75, 3.05) is 12.0 Å². The summed E-state index contributed by atoms with van der Waals surface area (Å²) in [5, 5.41) is 7.72. The van der Waals surface area contributed by atoms with Gasteiger partial charge in [0.15, 0.2) is 5.82 Å². The quantitative estimate of drug-likeness (QED) is 0.513. The van der Waals surface area contributed by atoms with Crippen LogP contribution in [0.15, 0.2) is 59.0 Å². The van der Waals surface area contributed by atoms with Crippen LogP contribution < -0.4 is 5.43 Å². The number of ether oxygens (including phenoxy) is 1. The van der Waals surface area contributed by atoms with Gasteiger partial charge in [0.1, 0.15) is 0 Å². The van der Waals surface area contributed by atoms with E-state index in [9.17, 15) is 4.79 Å². The molecule has 6 heteroatoms. The average Bonchev–Trinajstić information content (AvgIpc) is 2.49. The summed E-state index contributed by atoms with van der Waals surface area (Å²) in [6, 6.07) is 12.2. The molecule has 0 fully saturated rings. The van der Waals surface area contributed by atoms with Crippen LogP contribution in [0.1, 0.15) is 17.3 Å². The highest BCUT2D eigenvalue weighted by molar-refractivity contribution is 5.89. The van der Waals surface area contributed by atoms with E-state index in [4.69, 9.17) is 4.74 Å². The van der Waals surface area contributed by atoms with Gasteiger partial charge in [-0.05, 0) is 43.3 Å². The third-order valence-electron chi connectivity index (χ3n) is 2.38. The molecule has 2 aromatic rings. The number of esters is 1. The summed E-state index contributed by atoms with van der Waals surface area (Å²) < 4.78 is 4.90. The van der Waals surface area contributed by atoms with E-state index in [1.807, 2.05) is 6.07 Å². The number of nitrogens with zero attached hydrogens (tertiary/aromatic N) is 3. The first-order valence-electron chi connectivity index (χ1n) is 6.14. The molecule has 0 aliphatic heterocycles. The fourth-order valence-electron chi connectivity index (χ4n) is 1.44. The highest BCUT2D eigenvalue weighted by Crippen LogP contribution is 2.12. The Hall–Kier alpha value is -2.76. The molecule has 0 amide bonds. The van der Waals surface area contributed by atoms with Crippen molar-refractivity contribution in [1.29, 1.82) is 0 Å². The summed E-state index contributed by atoms with van der Waals surface area (Å²) in [5.41, 5.74) is 3.98. The van der Waals surface area contributed by atoms with Gasteiger partial charge in [0, 0.05) is 6.20 Å². The van der Waals surface area contributed by atoms with Crippen molar-refractivity contribution >= 4 is 17.5 Å². The molecule has 20 heavy (non-hydrogen) atoms. The van der Waals surface area contributed by atoms with Gasteiger partial charge in [-0.1, -0.05) is 11.3 Å². The van der Waals surface area contributed by atoms with Gasteiger partial charge in [-0.2, -0.15) is 0 Å². The van der Waals surface area contributed by atoms with Crippen LogP contribution in [0.3, 0.4) is 0 Å². The lowest BCUT2D eigenvalue weighted by Crippen LogP contribution is -2.04. The first-order chi connectivity index (χ1) is 9.79. The van der Waals surface area contributed by atoms with E-state index in [2.05, 4.69) is 20.7 Å². The van der Waals surface area contributed by atoms with E-state index in [1.165, 1.54) is 0 Å². The molecule has 0 spiro atoms. The number of carbonyl (C=O) groups is 1. The minimum absolute atomic E-state index is 0.339. The van der Waals surface area contributed by atoms with Crippen molar-refractivity contribution in [1.82, 2.24) is 4.98 Å². The molecule has 1 N–H and O–H groups in total. The van der Waals surface area contributed by atoms with Gasteiger partial charge in [-0.25, -0.2) is 9.78 Å². The van der Waals surface area contributed by atoms with E-state index < -0.39 is 0 Å². The molecule has 0 saturated heterocycles. The second-order valence-electron chi connectivity index (χ2n) is 3.80. The summed E-state index contributed by atoms with van der Waals surface area (Å²) in [6.07, 6.45) is 1.64. The fraction of sp³-hybridized carbons (Fsp3) is 0.143. The Morgan fingerprint density at radius 2 is 2.05 bits per heavy atom. The monoisotopic (exact) mass is 270 g/mol. The molecule has 102 valence electrons. The van der Waals surface area contributed by atoms with Crippen LogP contribution in [0.2, 0.25) is 0 Å². The molecule has 0 aliphatic rings. The van der Waals surface area contributed by atoms with Gasteiger partial charge in [0.05, 0.1) is 17.9 Å². The number of hydrogen-bond acceptors (Lipinski definition) is 5. The number of rotatable bonds is 5. The fourth-order valence-corrected chi connectivity index (χ4v) is 1.44. The van der Waals surface area contributed by atoms with Gasteiger partial charge in [-0.3, -0.25) is 5.43 Å². The second-order valence-corrected chi connectivity index (χ2v) is 3.80. The van der Waals surface area contributed by atoms with Gasteiger partial charge >= 0.3 is 5.97 Å². The normalized spacial score (nSPS) is 10.4. The number of benzene rings is 1. The van der Waals surface area contributed by atoms with Crippen molar-refractivity contribution in [3.05, 3.63) is 54.2 Å². The Bertz CT molecular complexity index is 582. The molecule has 2 rings (SSSR count). The third kappa shape index (κ3) is 3.88. The topological polar surface area (TPSA) is 75.9 Å². The zero-order valence-corrected chi connectivity index (χ0v) is 11.0. The number of aromatic nitrogens is 1. The Morgan fingerprint density at radius 3 is 2.70 bits per heavy atom. The van der Waals surface area contributed by atoms with Crippen molar-refractivity contribution < 1.29 is 9.53 Å². The molecule has 1 aromatic carbocycles. The maximum Gasteiger partial charge on any atom is 0.338 e. The van der Waals surface area contributed by atoms with E-state index >= 15 is 0 Å². The lowest BCUT2D eigenvalue weighted by atomic mass is 10.2. The second kappa shape index (κ2) is 6.98. The lowest BCUT2D eigenvalue weighted by molar-refractivity contribution is 0.0526. The number of hydrogen-bond donors (Lipinski definition) is 1. The Morgan fingerprint density at radius 1 is 1.25 bits per heavy atom.